The standard InChI is InChI=1S/C14H10Cl2N2O/c1-7-5-8(15)6-11-13(7)19-14(18-11)12-9(16)3-2-4-10(12)17/h2-6H,17H2,1H3. The van der Waals surface area contributed by atoms with Gasteiger partial charge in [0, 0.05) is 10.7 Å². The maximum atomic E-state index is 6.16. The SMILES string of the molecule is Cc1cc(Cl)cc2nc(-c3c(N)cccc3Cl)oc12. The molecule has 0 saturated carbocycles. The summed E-state index contributed by atoms with van der Waals surface area (Å²) < 4.78 is 5.77. The molecular formula is C14H10Cl2N2O. The van der Waals surface area contributed by atoms with Gasteiger partial charge in [-0.05, 0) is 36.8 Å². The maximum Gasteiger partial charge on any atom is 0.230 e. The maximum absolute atomic E-state index is 6.16. The third kappa shape index (κ3) is 2.05. The molecule has 0 aliphatic carbocycles. The predicted molar refractivity (Wildman–Crippen MR) is 78.6 cm³/mol. The number of nitrogens with two attached hydrogens (primary N) is 1. The average Bonchev–Trinajstić information content (AvgIpc) is 2.72. The fourth-order valence-corrected chi connectivity index (χ4v) is 2.56. The van der Waals surface area contributed by atoms with Gasteiger partial charge in [-0.2, -0.15) is 0 Å². The van der Waals surface area contributed by atoms with E-state index < -0.39 is 0 Å². The molecular weight excluding hydrogens is 283 g/mol. The molecule has 0 aliphatic rings. The van der Waals surface area contributed by atoms with Crippen molar-refractivity contribution in [1.82, 2.24) is 4.98 Å². The molecule has 0 unspecified atom stereocenters. The van der Waals surface area contributed by atoms with Gasteiger partial charge >= 0.3 is 0 Å². The summed E-state index contributed by atoms with van der Waals surface area (Å²) in [6.07, 6.45) is 0. The van der Waals surface area contributed by atoms with Gasteiger partial charge < -0.3 is 10.2 Å². The van der Waals surface area contributed by atoms with E-state index in [1.807, 2.05) is 13.0 Å². The van der Waals surface area contributed by atoms with Crippen molar-refractivity contribution in [3.63, 3.8) is 0 Å². The Morgan fingerprint density at radius 2 is 2.00 bits per heavy atom. The van der Waals surface area contributed by atoms with E-state index in [-0.39, 0.29) is 0 Å². The zero-order valence-electron chi connectivity index (χ0n) is 10.1. The minimum Gasteiger partial charge on any atom is -0.436 e. The third-order valence-corrected chi connectivity index (χ3v) is 3.43. The molecule has 0 atom stereocenters. The number of nitrogen functional groups attached to an aromatic ring is 1. The number of hydrogen-bond acceptors (Lipinski definition) is 3. The molecule has 1 aromatic heterocycles. The number of nitrogens with zero attached hydrogens (tertiary/aromatic N) is 1. The number of rotatable bonds is 1. The molecule has 3 rings (SSSR count). The molecule has 0 bridgehead atoms. The number of halogens is 2. The van der Waals surface area contributed by atoms with Crippen LogP contribution in [0.3, 0.4) is 0 Å². The highest BCUT2D eigenvalue weighted by molar-refractivity contribution is 6.34. The summed E-state index contributed by atoms with van der Waals surface area (Å²) >= 11 is 12.2. The zero-order valence-corrected chi connectivity index (χ0v) is 11.6. The number of oxazole rings is 1. The second-order valence-electron chi connectivity index (χ2n) is 4.29. The molecule has 0 radical (unpaired) electrons. The lowest BCUT2D eigenvalue weighted by molar-refractivity contribution is 0.618. The zero-order chi connectivity index (χ0) is 13.6. The molecule has 1 heterocycles. The quantitative estimate of drug-likeness (QED) is 0.662. The Kier molecular flexibility index (Phi) is 2.88. The second-order valence-corrected chi connectivity index (χ2v) is 5.14. The summed E-state index contributed by atoms with van der Waals surface area (Å²) in [5.74, 6) is 0.406. The number of fused-ring (bicyclic) bond motifs is 1. The Morgan fingerprint density at radius 3 is 2.74 bits per heavy atom. The summed E-state index contributed by atoms with van der Waals surface area (Å²) in [7, 11) is 0. The van der Waals surface area contributed by atoms with E-state index >= 15 is 0 Å². The van der Waals surface area contributed by atoms with E-state index in [1.54, 1.807) is 24.3 Å². The molecule has 3 aromatic rings. The first-order valence-corrected chi connectivity index (χ1v) is 6.43. The van der Waals surface area contributed by atoms with Crippen LogP contribution in [0.2, 0.25) is 10.0 Å². The molecule has 2 aromatic carbocycles. The number of benzene rings is 2. The van der Waals surface area contributed by atoms with Gasteiger partial charge in [0.25, 0.3) is 0 Å². The van der Waals surface area contributed by atoms with Gasteiger partial charge in [-0.3, -0.25) is 0 Å². The van der Waals surface area contributed by atoms with Crippen molar-refractivity contribution in [2.75, 3.05) is 5.73 Å². The van der Waals surface area contributed by atoms with Crippen LogP contribution in [-0.2, 0) is 0 Å². The van der Waals surface area contributed by atoms with Crippen LogP contribution in [0.15, 0.2) is 34.7 Å². The van der Waals surface area contributed by atoms with Gasteiger partial charge in [-0.15, -0.1) is 0 Å². The van der Waals surface area contributed by atoms with Gasteiger partial charge in [-0.1, -0.05) is 29.3 Å². The van der Waals surface area contributed by atoms with Crippen LogP contribution in [0, 0.1) is 6.92 Å². The van der Waals surface area contributed by atoms with Crippen molar-refractivity contribution in [2.24, 2.45) is 0 Å². The Hall–Kier alpha value is -1.71. The summed E-state index contributed by atoms with van der Waals surface area (Å²) in [5, 5.41) is 1.13. The molecule has 0 spiro atoms. The van der Waals surface area contributed by atoms with Crippen molar-refractivity contribution in [3.05, 3.63) is 45.9 Å². The van der Waals surface area contributed by atoms with E-state index in [0.717, 1.165) is 5.56 Å². The molecule has 0 aliphatic heterocycles. The fraction of sp³-hybridized carbons (Fsp3) is 0.0714. The van der Waals surface area contributed by atoms with Crippen LogP contribution >= 0.6 is 23.2 Å². The monoisotopic (exact) mass is 292 g/mol. The topological polar surface area (TPSA) is 52.0 Å². The first-order valence-electron chi connectivity index (χ1n) is 5.67. The van der Waals surface area contributed by atoms with Crippen molar-refractivity contribution in [2.45, 2.75) is 6.92 Å². The highest BCUT2D eigenvalue weighted by atomic mass is 35.5. The lowest BCUT2D eigenvalue weighted by Gasteiger charge is -2.02. The molecule has 0 amide bonds. The van der Waals surface area contributed by atoms with E-state index in [1.165, 1.54) is 0 Å². The summed E-state index contributed by atoms with van der Waals surface area (Å²) in [4.78, 5) is 4.41. The van der Waals surface area contributed by atoms with Gasteiger partial charge in [0.05, 0.1) is 10.6 Å². The molecule has 0 saturated heterocycles. The van der Waals surface area contributed by atoms with Crippen LogP contribution in [0.1, 0.15) is 5.56 Å². The van der Waals surface area contributed by atoms with Gasteiger partial charge in [0.15, 0.2) is 5.58 Å². The Balaban J connectivity index is 2.30. The lowest BCUT2D eigenvalue weighted by atomic mass is 10.2. The predicted octanol–water partition coefficient (Wildman–Crippen LogP) is 4.69. The number of hydrogen-bond donors (Lipinski definition) is 1. The van der Waals surface area contributed by atoms with Crippen molar-refractivity contribution in [1.29, 1.82) is 0 Å². The highest BCUT2D eigenvalue weighted by Gasteiger charge is 2.15. The number of aryl methyl sites for hydroxylation is 1. The van der Waals surface area contributed by atoms with E-state index in [9.17, 15) is 0 Å². The van der Waals surface area contributed by atoms with Crippen LogP contribution in [0.25, 0.3) is 22.6 Å². The number of aromatic nitrogens is 1. The Morgan fingerprint density at radius 1 is 1.21 bits per heavy atom. The Bertz CT molecular complexity index is 760. The molecule has 0 fully saturated rings. The second kappa shape index (κ2) is 4.44. The molecule has 19 heavy (non-hydrogen) atoms. The number of anilines is 1. The van der Waals surface area contributed by atoms with E-state index in [0.29, 0.717) is 38.3 Å². The highest BCUT2D eigenvalue weighted by Crippen LogP contribution is 2.35. The van der Waals surface area contributed by atoms with Crippen molar-refractivity contribution in [3.8, 4) is 11.5 Å². The first kappa shape index (κ1) is 12.3. The van der Waals surface area contributed by atoms with Gasteiger partial charge in [0.2, 0.25) is 5.89 Å². The summed E-state index contributed by atoms with van der Waals surface area (Å²) in [6.45, 7) is 1.92. The van der Waals surface area contributed by atoms with Crippen LogP contribution in [-0.4, -0.2) is 4.98 Å². The van der Waals surface area contributed by atoms with Gasteiger partial charge in [0.1, 0.15) is 5.52 Å². The summed E-state index contributed by atoms with van der Waals surface area (Å²) in [6, 6.07) is 8.88. The van der Waals surface area contributed by atoms with Crippen molar-refractivity contribution >= 4 is 40.0 Å². The van der Waals surface area contributed by atoms with Crippen LogP contribution < -0.4 is 5.73 Å². The summed E-state index contributed by atoms with van der Waals surface area (Å²) in [5.41, 5.74) is 9.38. The molecule has 5 heteroatoms. The Labute approximate surface area is 119 Å². The fourth-order valence-electron chi connectivity index (χ4n) is 2.03. The molecule has 2 N–H and O–H groups in total. The van der Waals surface area contributed by atoms with Crippen LogP contribution in [0.5, 0.6) is 0 Å². The molecule has 3 nitrogen and oxygen atoms in total. The average molecular weight is 293 g/mol. The minimum atomic E-state index is 0.406. The lowest BCUT2D eigenvalue weighted by Crippen LogP contribution is -1.90. The first-order chi connectivity index (χ1) is 9.06. The van der Waals surface area contributed by atoms with Crippen LogP contribution in [0.4, 0.5) is 5.69 Å². The third-order valence-electron chi connectivity index (χ3n) is 2.90. The largest absolute Gasteiger partial charge is 0.436 e. The normalized spacial score (nSPS) is 11.1. The van der Waals surface area contributed by atoms with Crippen molar-refractivity contribution < 1.29 is 4.42 Å². The van der Waals surface area contributed by atoms with Gasteiger partial charge in [-0.25, -0.2) is 4.98 Å². The minimum absolute atomic E-state index is 0.406. The molecule has 96 valence electrons. The van der Waals surface area contributed by atoms with E-state index in [4.69, 9.17) is 33.4 Å². The van der Waals surface area contributed by atoms with E-state index in [2.05, 4.69) is 4.98 Å². The smallest absolute Gasteiger partial charge is 0.230 e.